The standard InChI is InChI=1S/C32H33N3O4/c1-3-38-32(37)26-20(2)39-31-25-12-8-7-11-24(25)30(36)28(27(26)31)29(35-18-16-33)22-15-17-34-23(19-22)14-13-21-9-5-4-6-10-21/h4-12,15,17,19,29,35-36H,3,13-14,16,18,33H2,1-2H3. The summed E-state index contributed by atoms with van der Waals surface area (Å²) < 4.78 is 11.6. The highest BCUT2D eigenvalue weighted by Crippen LogP contribution is 2.45. The SMILES string of the molecule is CCOC(=O)c1c(C)oc2c1c(C(NCCN)c1ccnc(CCc3ccccc3)c1)c(O)c1ccccc12. The second kappa shape index (κ2) is 11.7. The number of rotatable bonds is 10. The third-order valence-electron chi connectivity index (χ3n) is 6.98. The van der Waals surface area contributed by atoms with Crippen molar-refractivity contribution in [1.29, 1.82) is 0 Å². The molecule has 39 heavy (non-hydrogen) atoms. The molecule has 7 nitrogen and oxygen atoms in total. The summed E-state index contributed by atoms with van der Waals surface area (Å²) in [7, 11) is 0. The van der Waals surface area contributed by atoms with E-state index >= 15 is 0 Å². The monoisotopic (exact) mass is 523 g/mol. The summed E-state index contributed by atoms with van der Waals surface area (Å²) in [6.07, 6.45) is 3.41. The average Bonchev–Trinajstić information content (AvgIpc) is 3.31. The van der Waals surface area contributed by atoms with Crippen molar-refractivity contribution in [3.63, 3.8) is 0 Å². The number of benzene rings is 3. The molecular weight excluding hydrogens is 490 g/mol. The molecule has 1 unspecified atom stereocenters. The van der Waals surface area contributed by atoms with E-state index in [-0.39, 0.29) is 12.4 Å². The van der Waals surface area contributed by atoms with Crippen molar-refractivity contribution >= 4 is 27.7 Å². The topological polar surface area (TPSA) is 111 Å². The highest BCUT2D eigenvalue weighted by Gasteiger charge is 2.31. The predicted molar refractivity (Wildman–Crippen MR) is 153 cm³/mol. The minimum atomic E-state index is -0.486. The van der Waals surface area contributed by atoms with Crippen LogP contribution in [0.4, 0.5) is 0 Å². The van der Waals surface area contributed by atoms with Gasteiger partial charge in [-0.15, -0.1) is 0 Å². The van der Waals surface area contributed by atoms with Crippen LogP contribution in [0, 0.1) is 6.92 Å². The number of aromatic hydroxyl groups is 1. The minimum absolute atomic E-state index is 0.0848. The molecule has 3 aromatic carbocycles. The lowest BCUT2D eigenvalue weighted by atomic mass is 9.89. The van der Waals surface area contributed by atoms with E-state index in [1.165, 1.54) is 5.56 Å². The van der Waals surface area contributed by atoms with E-state index in [2.05, 4.69) is 28.5 Å². The number of nitrogens with one attached hydrogen (secondary N) is 1. The summed E-state index contributed by atoms with van der Waals surface area (Å²) in [5, 5.41) is 17.2. The van der Waals surface area contributed by atoms with Crippen molar-refractivity contribution in [2.75, 3.05) is 19.7 Å². The van der Waals surface area contributed by atoms with Gasteiger partial charge < -0.3 is 25.3 Å². The van der Waals surface area contributed by atoms with Gasteiger partial charge in [-0.3, -0.25) is 4.98 Å². The highest BCUT2D eigenvalue weighted by atomic mass is 16.5. The number of hydrogen-bond acceptors (Lipinski definition) is 7. The Kier molecular flexibility index (Phi) is 7.91. The number of pyridine rings is 1. The Labute approximate surface area is 227 Å². The van der Waals surface area contributed by atoms with Crippen molar-refractivity contribution in [1.82, 2.24) is 10.3 Å². The number of phenols is 1. The second-order valence-corrected chi connectivity index (χ2v) is 9.51. The van der Waals surface area contributed by atoms with Gasteiger partial charge >= 0.3 is 5.97 Å². The number of hydrogen-bond donors (Lipinski definition) is 3. The van der Waals surface area contributed by atoms with E-state index in [0.29, 0.717) is 46.3 Å². The normalized spacial score (nSPS) is 12.2. The molecule has 5 rings (SSSR count). The van der Waals surface area contributed by atoms with Crippen LogP contribution < -0.4 is 11.1 Å². The number of ether oxygens (including phenoxy) is 1. The lowest BCUT2D eigenvalue weighted by Crippen LogP contribution is -2.28. The molecule has 0 radical (unpaired) electrons. The van der Waals surface area contributed by atoms with E-state index in [4.69, 9.17) is 14.9 Å². The second-order valence-electron chi connectivity index (χ2n) is 9.51. The molecule has 4 N–H and O–H groups in total. The molecule has 7 heteroatoms. The van der Waals surface area contributed by atoms with Gasteiger partial charge in [0.25, 0.3) is 0 Å². The number of carbonyl (C=O) groups excluding carboxylic acids is 1. The molecule has 0 bridgehead atoms. The fraction of sp³-hybridized carbons (Fsp3) is 0.250. The van der Waals surface area contributed by atoms with Gasteiger partial charge in [-0.2, -0.15) is 0 Å². The van der Waals surface area contributed by atoms with Crippen LogP contribution in [0.3, 0.4) is 0 Å². The Morgan fingerprint density at radius 1 is 1.08 bits per heavy atom. The first-order chi connectivity index (χ1) is 19.0. The largest absolute Gasteiger partial charge is 0.507 e. The maximum atomic E-state index is 13.2. The maximum absolute atomic E-state index is 13.2. The number of esters is 1. The summed E-state index contributed by atoms with van der Waals surface area (Å²) in [5.74, 6) is 0.0402. The predicted octanol–water partition coefficient (Wildman–Crippen LogP) is 5.59. The Morgan fingerprint density at radius 3 is 2.56 bits per heavy atom. The molecule has 0 fully saturated rings. The zero-order valence-corrected chi connectivity index (χ0v) is 22.2. The van der Waals surface area contributed by atoms with Crippen LogP contribution in [0.2, 0.25) is 0 Å². The smallest absolute Gasteiger partial charge is 0.342 e. The van der Waals surface area contributed by atoms with Gasteiger partial charge in [-0.05, 0) is 49.9 Å². The molecule has 0 aliphatic heterocycles. The molecule has 0 saturated heterocycles. The number of fused-ring (bicyclic) bond motifs is 3. The molecule has 0 amide bonds. The molecule has 2 aromatic heterocycles. The van der Waals surface area contributed by atoms with Gasteiger partial charge in [0.05, 0.1) is 12.6 Å². The van der Waals surface area contributed by atoms with Gasteiger partial charge in [-0.25, -0.2) is 4.79 Å². The summed E-state index contributed by atoms with van der Waals surface area (Å²) >= 11 is 0. The quantitative estimate of drug-likeness (QED) is 0.205. The maximum Gasteiger partial charge on any atom is 0.342 e. The first-order valence-corrected chi connectivity index (χ1v) is 13.3. The van der Waals surface area contributed by atoms with Crippen molar-refractivity contribution in [2.45, 2.75) is 32.7 Å². The fourth-order valence-electron chi connectivity index (χ4n) is 5.22. The Balaban J connectivity index is 1.70. The van der Waals surface area contributed by atoms with E-state index in [0.717, 1.165) is 29.5 Å². The van der Waals surface area contributed by atoms with E-state index in [1.807, 2.05) is 48.5 Å². The van der Waals surface area contributed by atoms with Crippen molar-refractivity contribution in [3.05, 3.63) is 107 Å². The van der Waals surface area contributed by atoms with Crippen LogP contribution in [0.25, 0.3) is 21.7 Å². The van der Waals surface area contributed by atoms with Gasteiger partial charge in [0.1, 0.15) is 22.7 Å². The molecular formula is C32H33N3O4. The van der Waals surface area contributed by atoms with Gasteiger partial charge in [0, 0.05) is 46.7 Å². The van der Waals surface area contributed by atoms with Crippen LogP contribution in [0.1, 0.15) is 51.5 Å². The van der Waals surface area contributed by atoms with Gasteiger partial charge in [-0.1, -0.05) is 54.6 Å². The lowest BCUT2D eigenvalue weighted by Gasteiger charge is -2.23. The van der Waals surface area contributed by atoms with Crippen molar-refractivity contribution in [2.24, 2.45) is 5.73 Å². The molecule has 1 atom stereocenters. The number of aromatic nitrogens is 1. The van der Waals surface area contributed by atoms with Crippen molar-refractivity contribution in [3.8, 4) is 5.75 Å². The summed E-state index contributed by atoms with van der Waals surface area (Å²) in [5.41, 5.74) is 10.4. The number of aryl methyl sites for hydroxylation is 3. The first-order valence-electron chi connectivity index (χ1n) is 13.3. The summed E-state index contributed by atoms with van der Waals surface area (Å²) in [6, 6.07) is 21.3. The number of nitrogens with two attached hydrogens (primary N) is 1. The van der Waals surface area contributed by atoms with E-state index in [9.17, 15) is 9.90 Å². The zero-order valence-electron chi connectivity index (χ0n) is 22.2. The lowest BCUT2D eigenvalue weighted by molar-refractivity contribution is 0.0526. The Hall–Kier alpha value is -4.20. The third-order valence-corrected chi connectivity index (χ3v) is 6.98. The molecule has 0 aliphatic rings. The first kappa shape index (κ1) is 26.4. The number of phenolic OH excluding ortho intramolecular Hbond substituents is 1. The van der Waals surface area contributed by atoms with Gasteiger partial charge in [0.15, 0.2) is 0 Å². The van der Waals surface area contributed by atoms with Crippen LogP contribution >= 0.6 is 0 Å². The number of nitrogens with zero attached hydrogens (tertiary/aromatic N) is 1. The molecule has 2 heterocycles. The number of carbonyl (C=O) groups is 1. The summed E-state index contributed by atoms with van der Waals surface area (Å²) in [4.78, 5) is 17.8. The molecule has 0 aliphatic carbocycles. The number of furan rings is 1. The summed E-state index contributed by atoms with van der Waals surface area (Å²) in [6.45, 7) is 4.63. The van der Waals surface area contributed by atoms with Crippen LogP contribution in [0.15, 0.2) is 77.3 Å². The molecule has 0 spiro atoms. The zero-order chi connectivity index (χ0) is 27.4. The third kappa shape index (κ3) is 5.24. The molecule has 5 aromatic rings. The van der Waals surface area contributed by atoms with Crippen LogP contribution in [-0.2, 0) is 17.6 Å². The van der Waals surface area contributed by atoms with Gasteiger partial charge in [0.2, 0.25) is 0 Å². The fourth-order valence-corrected chi connectivity index (χ4v) is 5.22. The van der Waals surface area contributed by atoms with E-state index < -0.39 is 12.0 Å². The highest BCUT2D eigenvalue weighted by molar-refractivity contribution is 6.16. The van der Waals surface area contributed by atoms with Crippen molar-refractivity contribution < 1.29 is 19.1 Å². The minimum Gasteiger partial charge on any atom is -0.507 e. The molecule has 200 valence electrons. The molecule has 0 saturated carbocycles. The average molecular weight is 524 g/mol. The Morgan fingerprint density at radius 2 is 1.82 bits per heavy atom. The van der Waals surface area contributed by atoms with Crippen LogP contribution in [0.5, 0.6) is 5.75 Å². The van der Waals surface area contributed by atoms with Crippen LogP contribution in [-0.4, -0.2) is 35.8 Å². The van der Waals surface area contributed by atoms with E-state index in [1.54, 1.807) is 20.0 Å². The Bertz CT molecular complexity index is 1610.